The highest BCUT2D eigenvalue weighted by molar-refractivity contribution is 6.31. The van der Waals surface area contributed by atoms with Crippen molar-refractivity contribution in [3.63, 3.8) is 0 Å². The Morgan fingerprint density at radius 3 is 2.07 bits per heavy atom. The molecule has 0 bridgehead atoms. The van der Waals surface area contributed by atoms with E-state index in [4.69, 9.17) is 23.2 Å². The first kappa shape index (κ1) is 19.3. The largest absolute Gasteiger partial charge is 0.333 e. The summed E-state index contributed by atoms with van der Waals surface area (Å²) in [5, 5.41) is 3.90. The first-order valence-corrected chi connectivity index (χ1v) is 9.76. The number of benzene rings is 3. The summed E-state index contributed by atoms with van der Waals surface area (Å²) in [4.78, 5) is 28.9. The number of nitrogens with zero attached hydrogens (tertiary/aromatic N) is 2. The van der Waals surface area contributed by atoms with Crippen molar-refractivity contribution in [3.05, 3.63) is 94.5 Å². The normalized spacial score (nSPS) is 16.2. The van der Waals surface area contributed by atoms with Crippen molar-refractivity contribution in [2.75, 3.05) is 16.8 Å². The van der Waals surface area contributed by atoms with E-state index < -0.39 is 12.1 Å². The van der Waals surface area contributed by atoms with Crippen LogP contribution in [0.3, 0.4) is 0 Å². The number of nitrogens with one attached hydrogen (secondary N) is 1. The van der Waals surface area contributed by atoms with Gasteiger partial charge in [0.05, 0.1) is 12.6 Å². The molecular formula is C22H17Cl2N3O2. The predicted molar refractivity (Wildman–Crippen MR) is 116 cm³/mol. The van der Waals surface area contributed by atoms with Crippen molar-refractivity contribution >= 4 is 46.6 Å². The van der Waals surface area contributed by atoms with Gasteiger partial charge >= 0.3 is 12.1 Å². The molecule has 5 nitrogen and oxygen atoms in total. The van der Waals surface area contributed by atoms with Crippen LogP contribution in [0.15, 0.2) is 78.9 Å². The van der Waals surface area contributed by atoms with Crippen LogP contribution in [-0.2, 0) is 0 Å². The SMILES string of the molecule is O=C(Nc1ccc(Cl)cc1)N1CC(c2ccccc2)N(c2ccc(Cl)cc2)C1=O. The van der Waals surface area contributed by atoms with Gasteiger partial charge in [-0.1, -0.05) is 53.5 Å². The zero-order valence-corrected chi connectivity index (χ0v) is 16.8. The maximum Gasteiger partial charge on any atom is 0.333 e. The average Bonchev–Trinajstić information content (AvgIpc) is 3.08. The molecule has 1 fully saturated rings. The number of urea groups is 2. The lowest BCUT2D eigenvalue weighted by atomic mass is 10.1. The van der Waals surface area contributed by atoms with Gasteiger partial charge in [-0.15, -0.1) is 0 Å². The van der Waals surface area contributed by atoms with E-state index >= 15 is 0 Å². The summed E-state index contributed by atoms with van der Waals surface area (Å²) in [7, 11) is 0. The highest BCUT2D eigenvalue weighted by atomic mass is 35.5. The lowest BCUT2D eigenvalue weighted by molar-refractivity contribution is 0.208. The standard InChI is InChI=1S/C22H17Cl2N3O2/c23-16-6-10-18(11-7-16)25-21(28)26-14-20(15-4-2-1-3-5-15)27(22(26)29)19-12-8-17(24)9-13-19/h1-13,20H,14H2,(H,25,28). The summed E-state index contributed by atoms with van der Waals surface area (Å²) in [5.41, 5.74) is 2.18. The molecule has 29 heavy (non-hydrogen) atoms. The maximum absolute atomic E-state index is 13.2. The molecule has 1 aliphatic heterocycles. The monoisotopic (exact) mass is 425 g/mol. The first-order chi connectivity index (χ1) is 14.0. The lowest BCUT2D eigenvalue weighted by Gasteiger charge is -2.23. The van der Waals surface area contributed by atoms with Crippen LogP contribution in [-0.4, -0.2) is 23.5 Å². The van der Waals surface area contributed by atoms with E-state index in [1.54, 1.807) is 53.4 Å². The van der Waals surface area contributed by atoms with Gasteiger partial charge in [0, 0.05) is 21.4 Å². The van der Waals surface area contributed by atoms with E-state index in [0.29, 0.717) is 21.4 Å². The molecule has 1 aliphatic rings. The van der Waals surface area contributed by atoms with E-state index in [1.165, 1.54) is 4.90 Å². The Hall–Kier alpha value is -3.02. The summed E-state index contributed by atoms with van der Waals surface area (Å²) in [6, 6.07) is 22.2. The molecule has 4 amide bonds. The number of anilines is 2. The second-order valence-electron chi connectivity index (χ2n) is 6.60. The fraction of sp³-hybridized carbons (Fsp3) is 0.0909. The molecule has 1 N–H and O–H groups in total. The zero-order valence-electron chi connectivity index (χ0n) is 15.3. The van der Waals surface area contributed by atoms with E-state index in [1.807, 2.05) is 30.3 Å². The van der Waals surface area contributed by atoms with Crippen molar-refractivity contribution in [2.45, 2.75) is 6.04 Å². The first-order valence-electron chi connectivity index (χ1n) is 9.01. The van der Waals surface area contributed by atoms with Crippen molar-refractivity contribution < 1.29 is 9.59 Å². The number of amides is 4. The number of halogens is 2. The minimum absolute atomic E-state index is 0.227. The topological polar surface area (TPSA) is 52.7 Å². The number of carbonyl (C=O) groups excluding carboxylic acids is 2. The Morgan fingerprint density at radius 2 is 1.45 bits per heavy atom. The minimum Gasteiger partial charge on any atom is -0.307 e. The van der Waals surface area contributed by atoms with Crippen LogP contribution in [0.4, 0.5) is 21.0 Å². The molecule has 4 rings (SSSR count). The third kappa shape index (κ3) is 4.06. The fourth-order valence-corrected chi connectivity index (χ4v) is 3.56. The van der Waals surface area contributed by atoms with Gasteiger partial charge in [-0.05, 0) is 54.1 Å². The van der Waals surface area contributed by atoms with Crippen LogP contribution in [0.2, 0.25) is 10.0 Å². The molecule has 1 heterocycles. The number of imide groups is 1. The van der Waals surface area contributed by atoms with E-state index in [-0.39, 0.29) is 12.6 Å². The molecule has 0 radical (unpaired) electrons. The van der Waals surface area contributed by atoms with Crippen molar-refractivity contribution in [3.8, 4) is 0 Å². The Bertz CT molecular complexity index is 1020. The van der Waals surface area contributed by atoms with Gasteiger partial charge in [-0.2, -0.15) is 0 Å². The Morgan fingerprint density at radius 1 is 0.862 bits per heavy atom. The third-order valence-corrected chi connectivity index (χ3v) is 5.24. The Labute approximate surface area is 178 Å². The van der Waals surface area contributed by atoms with Gasteiger partial charge < -0.3 is 5.32 Å². The van der Waals surface area contributed by atoms with Crippen LogP contribution in [0, 0.1) is 0 Å². The van der Waals surface area contributed by atoms with Crippen LogP contribution < -0.4 is 10.2 Å². The van der Waals surface area contributed by atoms with E-state index in [9.17, 15) is 9.59 Å². The minimum atomic E-state index is -0.491. The van der Waals surface area contributed by atoms with Gasteiger partial charge in [0.1, 0.15) is 0 Å². The maximum atomic E-state index is 13.2. The summed E-state index contributed by atoms with van der Waals surface area (Å²) in [6.07, 6.45) is 0. The highest BCUT2D eigenvalue weighted by Gasteiger charge is 2.42. The third-order valence-electron chi connectivity index (χ3n) is 4.73. The number of rotatable bonds is 3. The van der Waals surface area contributed by atoms with Crippen LogP contribution in [0.5, 0.6) is 0 Å². The Kier molecular flexibility index (Phi) is 5.43. The lowest BCUT2D eigenvalue weighted by Crippen LogP contribution is -2.39. The molecule has 0 aromatic heterocycles. The number of carbonyl (C=O) groups is 2. The molecular weight excluding hydrogens is 409 g/mol. The molecule has 1 unspecified atom stereocenters. The Balaban J connectivity index is 1.64. The van der Waals surface area contributed by atoms with E-state index in [2.05, 4.69) is 5.32 Å². The second-order valence-corrected chi connectivity index (χ2v) is 7.48. The van der Waals surface area contributed by atoms with Gasteiger partial charge in [0.15, 0.2) is 0 Å². The molecule has 1 saturated heterocycles. The predicted octanol–water partition coefficient (Wildman–Crippen LogP) is 6.21. The molecule has 0 saturated carbocycles. The number of hydrogen-bond acceptors (Lipinski definition) is 2. The molecule has 7 heteroatoms. The zero-order chi connectivity index (χ0) is 20.4. The molecule has 146 valence electrons. The summed E-state index contributed by atoms with van der Waals surface area (Å²) in [5.74, 6) is 0. The van der Waals surface area contributed by atoms with Crippen molar-refractivity contribution in [2.24, 2.45) is 0 Å². The average molecular weight is 426 g/mol. The van der Waals surface area contributed by atoms with E-state index in [0.717, 1.165) is 5.56 Å². The van der Waals surface area contributed by atoms with Crippen LogP contribution >= 0.6 is 23.2 Å². The number of hydrogen-bond donors (Lipinski definition) is 1. The summed E-state index contributed by atoms with van der Waals surface area (Å²) < 4.78 is 0. The van der Waals surface area contributed by atoms with Gasteiger partial charge in [-0.3, -0.25) is 4.90 Å². The molecule has 1 atom stereocenters. The molecule has 3 aromatic rings. The fourth-order valence-electron chi connectivity index (χ4n) is 3.31. The smallest absolute Gasteiger partial charge is 0.307 e. The summed E-state index contributed by atoms with van der Waals surface area (Å²) >= 11 is 11.9. The van der Waals surface area contributed by atoms with Crippen LogP contribution in [0.25, 0.3) is 0 Å². The van der Waals surface area contributed by atoms with Gasteiger partial charge in [-0.25, -0.2) is 14.5 Å². The second kappa shape index (κ2) is 8.15. The van der Waals surface area contributed by atoms with Crippen molar-refractivity contribution in [1.29, 1.82) is 0 Å². The molecule has 3 aromatic carbocycles. The van der Waals surface area contributed by atoms with Gasteiger partial charge in [0.25, 0.3) is 0 Å². The quantitative estimate of drug-likeness (QED) is 0.542. The van der Waals surface area contributed by atoms with Gasteiger partial charge in [0.2, 0.25) is 0 Å². The van der Waals surface area contributed by atoms with Crippen LogP contribution in [0.1, 0.15) is 11.6 Å². The highest BCUT2D eigenvalue weighted by Crippen LogP contribution is 2.35. The summed E-state index contributed by atoms with van der Waals surface area (Å²) in [6.45, 7) is 0.227. The van der Waals surface area contributed by atoms with Crippen molar-refractivity contribution in [1.82, 2.24) is 4.90 Å². The molecule has 0 spiro atoms. The molecule has 0 aliphatic carbocycles.